The van der Waals surface area contributed by atoms with Crippen LogP contribution in [-0.2, 0) is 25.6 Å². The summed E-state index contributed by atoms with van der Waals surface area (Å²) in [5.74, 6) is -3.56. The maximum atomic E-state index is 13.8. The quantitative estimate of drug-likeness (QED) is 0.247. The van der Waals surface area contributed by atoms with Crippen molar-refractivity contribution in [1.29, 1.82) is 0 Å². The van der Waals surface area contributed by atoms with E-state index in [1.54, 1.807) is 18.2 Å². The van der Waals surface area contributed by atoms with E-state index in [1.807, 2.05) is 36.4 Å². The molecule has 11 nitrogen and oxygen atoms in total. The van der Waals surface area contributed by atoms with Gasteiger partial charge >= 0.3 is 0 Å². The molecule has 2 aromatic carbocycles. The summed E-state index contributed by atoms with van der Waals surface area (Å²) in [5.41, 5.74) is 1.97. The van der Waals surface area contributed by atoms with Crippen LogP contribution in [0.2, 0.25) is 0 Å². The minimum Gasteiger partial charge on any atom is -0.356 e. The smallest absolute Gasteiger partial charge is 0.289 e. The molecule has 2 heterocycles. The highest BCUT2D eigenvalue weighted by atomic mass is 16.2. The number of piperidine rings is 1. The van der Waals surface area contributed by atoms with Crippen LogP contribution in [0.15, 0.2) is 60.8 Å². The Hall–Kier alpha value is -4.67. The first-order valence-electron chi connectivity index (χ1n) is 15.4. The van der Waals surface area contributed by atoms with Crippen LogP contribution < -0.4 is 21.3 Å². The Labute approximate surface area is 256 Å². The highest BCUT2D eigenvalue weighted by Gasteiger charge is 2.35. The van der Waals surface area contributed by atoms with Gasteiger partial charge in [0, 0.05) is 24.9 Å². The molecule has 1 unspecified atom stereocenters. The van der Waals surface area contributed by atoms with Gasteiger partial charge in [-0.1, -0.05) is 61.7 Å². The Kier molecular flexibility index (Phi) is 10.3. The SMILES string of the molecule is O=C(NC1CCCCC1)C(=O)C(C[C@@H]1CCCNC1=O)NC(=O)[C@H](Cc1ccccc1)NC(=O)c1cnc2ccccc2n1. The summed E-state index contributed by atoms with van der Waals surface area (Å²) >= 11 is 0. The average molecular weight is 599 g/mol. The molecular formula is C33H38N6O5. The number of carbonyl (C=O) groups excluding carboxylic acids is 5. The topological polar surface area (TPSA) is 159 Å². The predicted octanol–water partition coefficient (Wildman–Crippen LogP) is 2.39. The standard InChI is InChI=1S/C33H38N6O5/c40-29(33(44)36-23-13-5-2-6-14-23)26(19-22-12-9-17-34-30(22)41)38-31(42)27(18-21-10-3-1-4-11-21)39-32(43)28-20-35-24-15-7-8-16-25(24)37-28/h1,3-4,7-8,10-11,15-16,20,22-23,26-27H,2,5-6,9,12-14,17-19H2,(H,34,41)(H,36,44)(H,38,42)(H,39,43)/t22-,26?,27-/m0/s1. The first kappa shape index (κ1) is 30.8. The number of benzene rings is 2. The third-order valence-electron chi connectivity index (χ3n) is 8.30. The van der Waals surface area contributed by atoms with Crippen molar-refractivity contribution in [3.63, 3.8) is 0 Å². The Balaban J connectivity index is 1.36. The number of Topliss-reactive ketones (excluding diaryl/α,β-unsaturated/α-hetero) is 1. The zero-order valence-electron chi connectivity index (χ0n) is 24.6. The third-order valence-corrected chi connectivity index (χ3v) is 8.30. The molecule has 1 saturated heterocycles. The summed E-state index contributed by atoms with van der Waals surface area (Å²) < 4.78 is 0. The van der Waals surface area contributed by atoms with Crippen LogP contribution in [0.3, 0.4) is 0 Å². The van der Waals surface area contributed by atoms with Gasteiger partial charge in [-0.05, 0) is 49.8 Å². The second-order valence-corrected chi connectivity index (χ2v) is 11.6. The molecule has 0 radical (unpaired) electrons. The maximum absolute atomic E-state index is 13.8. The Morgan fingerprint density at radius 3 is 2.32 bits per heavy atom. The Bertz CT molecular complexity index is 1510. The molecule has 1 aromatic heterocycles. The van der Waals surface area contributed by atoms with Crippen molar-refractivity contribution in [1.82, 2.24) is 31.2 Å². The van der Waals surface area contributed by atoms with E-state index >= 15 is 0 Å². The number of hydrogen-bond donors (Lipinski definition) is 4. The third kappa shape index (κ3) is 8.03. The van der Waals surface area contributed by atoms with Crippen molar-refractivity contribution < 1.29 is 24.0 Å². The molecule has 4 amide bonds. The molecule has 3 atom stereocenters. The van der Waals surface area contributed by atoms with E-state index in [0.29, 0.717) is 24.0 Å². The van der Waals surface area contributed by atoms with Crippen molar-refractivity contribution in [2.45, 2.75) is 75.9 Å². The lowest BCUT2D eigenvalue weighted by atomic mass is 9.89. The first-order chi connectivity index (χ1) is 21.4. The number of hydrogen-bond acceptors (Lipinski definition) is 7. The van der Waals surface area contributed by atoms with Crippen LogP contribution in [0.1, 0.15) is 67.4 Å². The van der Waals surface area contributed by atoms with Crippen LogP contribution in [0.5, 0.6) is 0 Å². The van der Waals surface area contributed by atoms with Crippen LogP contribution in [0, 0.1) is 5.92 Å². The van der Waals surface area contributed by atoms with E-state index in [9.17, 15) is 24.0 Å². The molecule has 11 heteroatoms. The zero-order chi connectivity index (χ0) is 30.9. The van der Waals surface area contributed by atoms with E-state index in [0.717, 1.165) is 44.1 Å². The minimum absolute atomic E-state index is 0.0172. The highest BCUT2D eigenvalue weighted by molar-refractivity contribution is 6.38. The van der Waals surface area contributed by atoms with Gasteiger partial charge in [-0.25, -0.2) is 4.98 Å². The number of nitrogens with zero attached hydrogens (tertiary/aromatic N) is 2. The fourth-order valence-corrected chi connectivity index (χ4v) is 5.87. The van der Waals surface area contributed by atoms with Gasteiger partial charge in [-0.2, -0.15) is 0 Å². The molecule has 1 saturated carbocycles. The Morgan fingerprint density at radius 1 is 0.841 bits per heavy atom. The van der Waals surface area contributed by atoms with Crippen molar-refractivity contribution >= 4 is 40.4 Å². The van der Waals surface area contributed by atoms with Crippen molar-refractivity contribution in [3.8, 4) is 0 Å². The number of nitrogens with one attached hydrogen (secondary N) is 4. The molecule has 230 valence electrons. The summed E-state index contributed by atoms with van der Waals surface area (Å²) in [6.07, 6.45) is 7.37. The van der Waals surface area contributed by atoms with Gasteiger partial charge in [0.05, 0.1) is 23.3 Å². The van der Waals surface area contributed by atoms with E-state index < -0.39 is 41.5 Å². The molecule has 5 rings (SSSR count). The summed E-state index contributed by atoms with van der Waals surface area (Å²) in [4.78, 5) is 75.0. The first-order valence-corrected chi connectivity index (χ1v) is 15.4. The van der Waals surface area contributed by atoms with Crippen LogP contribution in [0.4, 0.5) is 0 Å². The van der Waals surface area contributed by atoms with Gasteiger partial charge in [-0.15, -0.1) is 0 Å². The second-order valence-electron chi connectivity index (χ2n) is 11.6. The number of para-hydroxylation sites is 2. The fourth-order valence-electron chi connectivity index (χ4n) is 5.87. The van der Waals surface area contributed by atoms with Crippen LogP contribution >= 0.6 is 0 Å². The number of amides is 4. The molecule has 4 N–H and O–H groups in total. The van der Waals surface area contributed by atoms with Gasteiger partial charge in [0.1, 0.15) is 11.7 Å². The minimum atomic E-state index is -1.24. The fraction of sp³-hybridized carbons (Fsp3) is 0.424. The molecule has 1 aliphatic carbocycles. The van der Waals surface area contributed by atoms with Gasteiger partial charge in [0.25, 0.3) is 11.8 Å². The van der Waals surface area contributed by atoms with Crippen LogP contribution in [-0.4, -0.2) is 64.1 Å². The number of aromatic nitrogens is 2. The Morgan fingerprint density at radius 2 is 1.57 bits per heavy atom. The van der Waals surface area contributed by atoms with Gasteiger partial charge < -0.3 is 21.3 Å². The monoisotopic (exact) mass is 598 g/mol. The molecule has 0 spiro atoms. The van der Waals surface area contributed by atoms with E-state index in [-0.39, 0.29) is 30.5 Å². The highest BCUT2D eigenvalue weighted by Crippen LogP contribution is 2.20. The number of carbonyl (C=O) groups is 5. The molecule has 2 fully saturated rings. The summed E-state index contributed by atoms with van der Waals surface area (Å²) in [7, 11) is 0. The van der Waals surface area contributed by atoms with Crippen molar-refractivity contribution in [2.24, 2.45) is 5.92 Å². The van der Waals surface area contributed by atoms with Gasteiger partial charge in [0.2, 0.25) is 17.6 Å². The molecule has 3 aromatic rings. The second kappa shape index (κ2) is 14.7. The lowest BCUT2D eigenvalue weighted by Gasteiger charge is -2.28. The largest absolute Gasteiger partial charge is 0.356 e. The molecule has 1 aliphatic heterocycles. The lowest BCUT2D eigenvalue weighted by molar-refractivity contribution is -0.141. The summed E-state index contributed by atoms with van der Waals surface area (Å²) in [5, 5.41) is 11.1. The van der Waals surface area contributed by atoms with Gasteiger partial charge in [-0.3, -0.25) is 29.0 Å². The lowest BCUT2D eigenvalue weighted by Crippen LogP contribution is -2.56. The van der Waals surface area contributed by atoms with E-state index in [2.05, 4.69) is 31.2 Å². The van der Waals surface area contributed by atoms with Crippen molar-refractivity contribution in [2.75, 3.05) is 6.54 Å². The van der Waals surface area contributed by atoms with Crippen LogP contribution in [0.25, 0.3) is 11.0 Å². The van der Waals surface area contributed by atoms with Gasteiger partial charge in [0.15, 0.2) is 0 Å². The van der Waals surface area contributed by atoms with E-state index in [1.165, 1.54) is 6.20 Å². The maximum Gasteiger partial charge on any atom is 0.289 e. The average Bonchev–Trinajstić information content (AvgIpc) is 3.05. The number of fused-ring (bicyclic) bond motifs is 1. The van der Waals surface area contributed by atoms with E-state index in [4.69, 9.17) is 0 Å². The molecular weight excluding hydrogens is 560 g/mol. The predicted molar refractivity (Wildman–Crippen MR) is 163 cm³/mol. The summed E-state index contributed by atoms with van der Waals surface area (Å²) in [6, 6.07) is 13.8. The zero-order valence-corrected chi connectivity index (χ0v) is 24.6. The molecule has 0 bridgehead atoms. The van der Waals surface area contributed by atoms with Crippen molar-refractivity contribution in [3.05, 3.63) is 72.1 Å². The number of ketones is 1. The molecule has 44 heavy (non-hydrogen) atoms. The number of rotatable bonds is 11. The summed E-state index contributed by atoms with van der Waals surface area (Å²) in [6.45, 7) is 0.547. The normalized spacial score (nSPS) is 18.5. The molecule has 2 aliphatic rings.